The Bertz CT molecular complexity index is 651. The summed E-state index contributed by atoms with van der Waals surface area (Å²) < 4.78 is 1.75. The monoisotopic (exact) mass is 322 g/mol. The van der Waals surface area contributed by atoms with Crippen LogP contribution in [0, 0.1) is 12.8 Å². The van der Waals surface area contributed by atoms with Crippen LogP contribution in [-0.2, 0) is 13.0 Å². The fourth-order valence-electron chi connectivity index (χ4n) is 2.85. The van der Waals surface area contributed by atoms with Crippen molar-refractivity contribution in [3.63, 3.8) is 0 Å². The Kier molecular flexibility index (Phi) is 5.03. The van der Waals surface area contributed by atoms with Crippen LogP contribution in [0.25, 0.3) is 5.82 Å². The number of anilines is 1. The first-order valence-electron chi connectivity index (χ1n) is 7.42. The summed E-state index contributed by atoms with van der Waals surface area (Å²) in [5, 5.41) is 4.65. The molecule has 7 heteroatoms. The Morgan fingerprint density at radius 3 is 2.77 bits per heavy atom. The second-order valence-corrected chi connectivity index (χ2v) is 6.12. The SMILES string of the molecule is Cc1cc(-n2nc3c(c2N)CN(CC(C)C)CC3)ncn1.Cl. The predicted molar refractivity (Wildman–Crippen MR) is 89.4 cm³/mol. The van der Waals surface area contributed by atoms with E-state index in [0.717, 1.165) is 48.8 Å². The Labute approximate surface area is 137 Å². The van der Waals surface area contributed by atoms with E-state index in [1.165, 1.54) is 0 Å². The summed E-state index contributed by atoms with van der Waals surface area (Å²) >= 11 is 0. The molecule has 0 bridgehead atoms. The van der Waals surface area contributed by atoms with Crippen LogP contribution in [-0.4, -0.2) is 37.7 Å². The van der Waals surface area contributed by atoms with Crippen LogP contribution in [0.15, 0.2) is 12.4 Å². The summed E-state index contributed by atoms with van der Waals surface area (Å²) in [5.41, 5.74) is 9.48. The van der Waals surface area contributed by atoms with Gasteiger partial charge in [0.05, 0.1) is 5.69 Å². The largest absolute Gasteiger partial charge is 0.383 e. The molecule has 2 aromatic rings. The molecular formula is C15H23ClN6. The number of nitrogens with zero attached hydrogens (tertiary/aromatic N) is 5. The maximum atomic E-state index is 6.31. The highest BCUT2D eigenvalue weighted by Crippen LogP contribution is 2.26. The molecule has 22 heavy (non-hydrogen) atoms. The second kappa shape index (κ2) is 6.62. The molecule has 0 saturated heterocycles. The fourth-order valence-corrected chi connectivity index (χ4v) is 2.85. The normalized spacial score (nSPS) is 14.7. The number of hydrogen-bond donors (Lipinski definition) is 1. The number of rotatable bonds is 3. The van der Waals surface area contributed by atoms with Gasteiger partial charge in [-0.1, -0.05) is 13.8 Å². The number of halogens is 1. The van der Waals surface area contributed by atoms with Gasteiger partial charge >= 0.3 is 0 Å². The molecule has 2 N–H and O–H groups in total. The predicted octanol–water partition coefficient (Wildman–Crippen LogP) is 1.99. The molecular weight excluding hydrogens is 300 g/mol. The van der Waals surface area contributed by atoms with Crippen LogP contribution < -0.4 is 5.73 Å². The first-order valence-corrected chi connectivity index (χ1v) is 7.42. The standard InChI is InChI=1S/C15H22N6.ClH/c1-10(2)7-20-5-4-13-12(8-20)15(16)21(19-13)14-6-11(3)17-9-18-14;/h6,9-10H,4-5,7-8,16H2,1-3H3;1H. The lowest BCUT2D eigenvalue weighted by Gasteiger charge is -2.27. The van der Waals surface area contributed by atoms with Crippen LogP contribution in [0.1, 0.15) is 30.8 Å². The zero-order valence-corrected chi connectivity index (χ0v) is 14.1. The zero-order chi connectivity index (χ0) is 15.0. The van der Waals surface area contributed by atoms with E-state index >= 15 is 0 Å². The molecule has 0 amide bonds. The lowest BCUT2D eigenvalue weighted by Crippen LogP contribution is -2.33. The van der Waals surface area contributed by atoms with E-state index in [0.29, 0.717) is 11.7 Å². The lowest BCUT2D eigenvalue weighted by atomic mass is 10.1. The Morgan fingerprint density at radius 1 is 1.32 bits per heavy atom. The van der Waals surface area contributed by atoms with Crippen LogP contribution in [0.2, 0.25) is 0 Å². The molecule has 0 unspecified atom stereocenters. The van der Waals surface area contributed by atoms with Gasteiger partial charge in [0, 0.05) is 43.4 Å². The van der Waals surface area contributed by atoms with Crippen molar-refractivity contribution in [1.29, 1.82) is 0 Å². The Balaban J connectivity index is 0.00000176. The van der Waals surface area contributed by atoms with Crippen LogP contribution in [0.4, 0.5) is 5.82 Å². The molecule has 0 spiro atoms. The molecule has 3 heterocycles. The van der Waals surface area contributed by atoms with Crippen molar-refractivity contribution in [1.82, 2.24) is 24.6 Å². The van der Waals surface area contributed by atoms with Gasteiger partial charge in [-0.3, -0.25) is 4.90 Å². The molecule has 0 atom stereocenters. The minimum atomic E-state index is 0. The quantitative estimate of drug-likeness (QED) is 0.935. The maximum absolute atomic E-state index is 6.31. The van der Waals surface area contributed by atoms with Crippen molar-refractivity contribution in [3.05, 3.63) is 29.3 Å². The molecule has 0 aliphatic carbocycles. The fraction of sp³-hybridized carbons (Fsp3) is 0.533. The average molecular weight is 323 g/mol. The van der Waals surface area contributed by atoms with Gasteiger partial charge in [-0.05, 0) is 12.8 Å². The van der Waals surface area contributed by atoms with Gasteiger partial charge in [0.25, 0.3) is 0 Å². The van der Waals surface area contributed by atoms with Crippen molar-refractivity contribution < 1.29 is 0 Å². The smallest absolute Gasteiger partial charge is 0.159 e. The first-order chi connectivity index (χ1) is 10.0. The summed E-state index contributed by atoms with van der Waals surface area (Å²) in [6.07, 6.45) is 2.50. The Hall–Kier alpha value is -1.66. The van der Waals surface area contributed by atoms with Crippen LogP contribution in [0.5, 0.6) is 0 Å². The molecule has 2 aromatic heterocycles. The summed E-state index contributed by atoms with van der Waals surface area (Å²) in [4.78, 5) is 10.8. The highest BCUT2D eigenvalue weighted by molar-refractivity contribution is 5.85. The topological polar surface area (TPSA) is 72.9 Å². The summed E-state index contributed by atoms with van der Waals surface area (Å²) in [5.74, 6) is 2.11. The van der Waals surface area contributed by atoms with Gasteiger partial charge in [0.1, 0.15) is 12.1 Å². The molecule has 1 aliphatic rings. The molecule has 6 nitrogen and oxygen atoms in total. The Morgan fingerprint density at radius 2 is 2.09 bits per heavy atom. The van der Waals surface area contributed by atoms with Crippen molar-refractivity contribution in [2.75, 3.05) is 18.8 Å². The third-order valence-corrected chi connectivity index (χ3v) is 3.78. The number of fused-ring (bicyclic) bond motifs is 1. The number of hydrogen-bond acceptors (Lipinski definition) is 5. The van der Waals surface area contributed by atoms with Crippen molar-refractivity contribution in [3.8, 4) is 5.82 Å². The summed E-state index contributed by atoms with van der Waals surface area (Å²) in [6, 6.07) is 1.90. The van der Waals surface area contributed by atoms with Gasteiger partial charge in [-0.2, -0.15) is 9.78 Å². The first kappa shape index (κ1) is 16.7. The van der Waals surface area contributed by atoms with E-state index in [1.54, 1.807) is 11.0 Å². The molecule has 3 rings (SSSR count). The van der Waals surface area contributed by atoms with Gasteiger partial charge in [-0.25, -0.2) is 9.97 Å². The van der Waals surface area contributed by atoms with Gasteiger partial charge in [-0.15, -0.1) is 12.4 Å². The second-order valence-electron chi connectivity index (χ2n) is 6.12. The number of aryl methyl sites for hydroxylation is 1. The molecule has 0 fully saturated rings. The lowest BCUT2D eigenvalue weighted by molar-refractivity contribution is 0.226. The van der Waals surface area contributed by atoms with Crippen LogP contribution >= 0.6 is 12.4 Å². The van der Waals surface area contributed by atoms with E-state index in [2.05, 4.69) is 33.8 Å². The van der Waals surface area contributed by atoms with Crippen molar-refractivity contribution >= 4 is 18.2 Å². The van der Waals surface area contributed by atoms with Gasteiger partial charge < -0.3 is 5.73 Å². The highest BCUT2D eigenvalue weighted by Gasteiger charge is 2.24. The van der Waals surface area contributed by atoms with Gasteiger partial charge in [0.2, 0.25) is 0 Å². The number of aromatic nitrogens is 4. The van der Waals surface area contributed by atoms with E-state index in [1.807, 2.05) is 13.0 Å². The summed E-state index contributed by atoms with van der Waals surface area (Å²) in [6.45, 7) is 9.44. The molecule has 0 aromatic carbocycles. The van der Waals surface area contributed by atoms with E-state index < -0.39 is 0 Å². The molecule has 120 valence electrons. The minimum absolute atomic E-state index is 0. The number of nitrogen functional groups attached to an aromatic ring is 1. The van der Waals surface area contributed by atoms with Crippen LogP contribution in [0.3, 0.4) is 0 Å². The third kappa shape index (κ3) is 3.23. The van der Waals surface area contributed by atoms with Gasteiger partial charge in [0.15, 0.2) is 5.82 Å². The number of nitrogens with two attached hydrogens (primary N) is 1. The molecule has 0 radical (unpaired) electrons. The maximum Gasteiger partial charge on any atom is 0.159 e. The average Bonchev–Trinajstić information content (AvgIpc) is 2.75. The van der Waals surface area contributed by atoms with E-state index in [4.69, 9.17) is 5.73 Å². The van der Waals surface area contributed by atoms with E-state index in [-0.39, 0.29) is 12.4 Å². The summed E-state index contributed by atoms with van der Waals surface area (Å²) in [7, 11) is 0. The van der Waals surface area contributed by atoms with Crippen molar-refractivity contribution in [2.24, 2.45) is 5.92 Å². The third-order valence-electron chi connectivity index (χ3n) is 3.78. The minimum Gasteiger partial charge on any atom is -0.383 e. The zero-order valence-electron chi connectivity index (χ0n) is 13.3. The van der Waals surface area contributed by atoms with Crippen molar-refractivity contribution in [2.45, 2.75) is 33.7 Å². The molecule has 1 aliphatic heterocycles. The highest BCUT2D eigenvalue weighted by atomic mass is 35.5. The van der Waals surface area contributed by atoms with E-state index in [9.17, 15) is 0 Å². The molecule has 0 saturated carbocycles.